The molecule has 8 heteroatoms. The Morgan fingerprint density at radius 1 is 1.30 bits per heavy atom. The van der Waals surface area contributed by atoms with Crippen molar-refractivity contribution in [3.05, 3.63) is 40.5 Å². The van der Waals surface area contributed by atoms with E-state index in [9.17, 15) is 5.11 Å². The van der Waals surface area contributed by atoms with Gasteiger partial charge in [0, 0.05) is 13.1 Å². The van der Waals surface area contributed by atoms with E-state index in [1.54, 1.807) is 7.11 Å². The van der Waals surface area contributed by atoms with Gasteiger partial charge < -0.3 is 14.6 Å². The maximum atomic E-state index is 10.9. The highest BCUT2D eigenvalue weighted by molar-refractivity contribution is 7.17. The largest absolute Gasteiger partial charge is 0.497 e. The van der Waals surface area contributed by atoms with E-state index in [4.69, 9.17) is 9.47 Å². The molecule has 1 N–H and O–H groups in total. The van der Waals surface area contributed by atoms with Crippen molar-refractivity contribution in [1.29, 1.82) is 0 Å². The number of methoxy groups -OCH3 is 1. The van der Waals surface area contributed by atoms with Crippen molar-refractivity contribution < 1.29 is 14.6 Å². The fourth-order valence-corrected chi connectivity index (χ4v) is 4.96. The number of aromatic hydroxyl groups is 1. The third-order valence-electron chi connectivity index (χ3n) is 4.78. The van der Waals surface area contributed by atoms with Crippen LogP contribution in [0.2, 0.25) is 0 Å². The topological polar surface area (TPSA) is 72.1 Å². The Kier molecular flexibility index (Phi) is 4.79. The number of hydrogen-bond acceptors (Lipinski definition) is 7. The normalized spacial score (nSPS) is 22.2. The molecular weight excluding hydrogens is 364 g/mol. The molecule has 1 aliphatic heterocycles. The summed E-state index contributed by atoms with van der Waals surface area (Å²) in [6.45, 7) is 7.54. The van der Waals surface area contributed by atoms with Crippen molar-refractivity contribution in [2.24, 2.45) is 0 Å². The minimum Gasteiger partial charge on any atom is -0.497 e. The number of thiazole rings is 1. The number of morpholine rings is 1. The number of hydrogen-bond donors (Lipinski definition) is 1. The van der Waals surface area contributed by atoms with Crippen molar-refractivity contribution in [1.82, 2.24) is 19.5 Å². The molecule has 3 aromatic rings. The first-order chi connectivity index (χ1) is 13.0. The van der Waals surface area contributed by atoms with Gasteiger partial charge in [-0.2, -0.15) is 4.52 Å². The molecule has 27 heavy (non-hydrogen) atoms. The van der Waals surface area contributed by atoms with Gasteiger partial charge in [-0.15, -0.1) is 5.10 Å². The minimum absolute atomic E-state index is 0.119. The molecule has 0 amide bonds. The first-order valence-corrected chi connectivity index (χ1v) is 9.86. The molecule has 144 valence electrons. The quantitative estimate of drug-likeness (QED) is 0.741. The van der Waals surface area contributed by atoms with E-state index < -0.39 is 0 Å². The summed E-state index contributed by atoms with van der Waals surface area (Å²) in [7, 11) is 1.66. The van der Waals surface area contributed by atoms with E-state index in [0.717, 1.165) is 29.3 Å². The van der Waals surface area contributed by atoms with Gasteiger partial charge in [0.25, 0.3) is 0 Å². The average molecular weight is 388 g/mol. The number of benzene rings is 1. The van der Waals surface area contributed by atoms with E-state index in [1.807, 2.05) is 25.1 Å². The fraction of sp³-hybridized carbons (Fsp3) is 0.474. The predicted molar refractivity (Wildman–Crippen MR) is 104 cm³/mol. The van der Waals surface area contributed by atoms with Crippen molar-refractivity contribution in [2.45, 2.75) is 39.0 Å². The molecule has 3 atom stereocenters. The molecule has 0 spiro atoms. The van der Waals surface area contributed by atoms with Crippen LogP contribution in [0.1, 0.15) is 36.2 Å². The van der Waals surface area contributed by atoms with Crippen molar-refractivity contribution in [3.8, 4) is 11.6 Å². The van der Waals surface area contributed by atoms with E-state index >= 15 is 0 Å². The average Bonchev–Trinajstić information content (AvgIpc) is 3.12. The lowest BCUT2D eigenvalue weighted by Crippen LogP contribution is -2.47. The minimum atomic E-state index is -0.122. The Labute approximate surface area is 162 Å². The second-order valence-electron chi connectivity index (χ2n) is 7.03. The summed E-state index contributed by atoms with van der Waals surface area (Å²) in [6.07, 6.45) is 0.238. The molecule has 7 nitrogen and oxygen atoms in total. The molecule has 0 radical (unpaired) electrons. The third kappa shape index (κ3) is 3.40. The smallest absolute Gasteiger partial charge is 0.230 e. The fourth-order valence-electron chi connectivity index (χ4n) is 3.79. The van der Waals surface area contributed by atoms with Gasteiger partial charge in [-0.05, 0) is 38.5 Å². The van der Waals surface area contributed by atoms with Crippen LogP contribution in [0.25, 0.3) is 4.96 Å². The third-order valence-corrected chi connectivity index (χ3v) is 5.85. The van der Waals surface area contributed by atoms with Crippen LogP contribution in [-0.2, 0) is 4.74 Å². The van der Waals surface area contributed by atoms with E-state index in [-0.39, 0.29) is 24.1 Å². The molecule has 1 aliphatic rings. The SMILES string of the molecule is COc1cccc(C(c2sc3nc(C)nn3c2O)N2CC(C)OC(C)C2)c1. The van der Waals surface area contributed by atoms with Gasteiger partial charge >= 0.3 is 0 Å². The molecule has 0 bridgehead atoms. The number of aromatic nitrogens is 3. The van der Waals surface area contributed by atoms with Gasteiger partial charge in [0.15, 0.2) is 0 Å². The standard InChI is InChI=1S/C19H24N4O3S/c1-11-9-22(10-12(2)26-11)16(14-6-5-7-15(8-14)25-4)17-18(24)23-19(27-17)20-13(3)21-23/h5-8,11-12,16,24H,9-10H2,1-4H3. The molecule has 1 fully saturated rings. The highest BCUT2D eigenvalue weighted by Gasteiger charge is 2.34. The van der Waals surface area contributed by atoms with Gasteiger partial charge in [0.05, 0.1) is 30.2 Å². The van der Waals surface area contributed by atoms with Gasteiger partial charge in [-0.3, -0.25) is 4.90 Å². The first-order valence-electron chi connectivity index (χ1n) is 9.04. The monoisotopic (exact) mass is 388 g/mol. The Morgan fingerprint density at radius 2 is 2.04 bits per heavy atom. The zero-order valence-corrected chi connectivity index (χ0v) is 16.7. The summed E-state index contributed by atoms with van der Waals surface area (Å²) in [4.78, 5) is 8.30. The Hall–Kier alpha value is -2.16. The molecule has 0 saturated carbocycles. The highest BCUT2D eigenvalue weighted by Crippen LogP contribution is 2.41. The van der Waals surface area contributed by atoms with Crippen molar-refractivity contribution in [3.63, 3.8) is 0 Å². The summed E-state index contributed by atoms with van der Waals surface area (Å²) in [6, 6.07) is 7.88. The lowest BCUT2D eigenvalue weighted by atomic mass is 10.0. The van der Waals surface area contributed by atoms with Gasteiger partial charge in [-0.25, -0.2) is 4.98 Å². The van der Waals surface area contributed by atoms with Crippen LogP contribution < -0.4 is 4.74 Å². The number of ether oxygens (including phenoxy) is 2. The predicted octanol–water partition coefficient (Wildman–Crippen LogP) is 3.01. The van der Waals surface area contributed by atoms with E-state index in [0.29, 0.717) is 10.8 Å². The molecule has 4 rings (SSSR count). The second kappa shape index (κ2) is 7.10. The molecule has 3 heterocycles. The first kappa shape index (κ1) is 18.2. The molecule has 0 aliphatic carbocycles. The van der Waals surface area contributed by atoms with Gasteiger partial charge in [0.2, 0.25) is 10.8 Å². The number of nitrogens with zero attached hydrogens (tertiary/aromatic N) is 4. The van der Waals surface area contributed by atoms with Crippen LogP contribution in [0.5, 0.6) is 11.6 Å². The van der Waals surface area contributed by atoms with Crippen molar-refractivity contribution in [2.75, 3.05) is 20.2 Å². The molecule has 2 aromatic heterocycles. The lowest BCUT2D eigenvalue weighted by Gasteiger charge is -2.40. The summed E-state index contributed by atoms with van der Waals surface area (Å²) in [5.41, 5.74) is 1.06. The maximum absolute atomic E-state index is 10.9. The number of rotatable bonds is 4. The van der Waals surface area contributed by atoms with E-state index in [2.05, 4.69) is 34.9 Å². The zero-order chi connectivity index (χ0) is 19.1. The summed E-state index contributed by atoms with van der Waals surface area (Å²) >= 11 is 1.47. The summed E-state index contributed by atoms with van der Waals surface area (Å²) in [5.74, 6) is 1.59. The Bertz CT molecular complexity index is 944. The second-order valence-corrected chi connectivity index (χ2v) is 8.04. The van der Waals surface area contributed by atoms with Crippen LogP contribution in [0.3, 0.4) is 0 Å². The van der Waals surface area contributed by atoms with Crippen LogP contribution in [0.4, 0.5) is 0 Å². The Morgan fingerprint density at radius 3 is 2.70 bits per heavy atom. The maximum Gasteiger partial charge on any atom is 0.230 e. The highest BCUT2D eigenvalue weighted by atomic mass is 32.1. The molecular formula is C19H24N4O3S. The zero-order valence-electron chi connectivity index (χ0n) is 15.9. The Balaban J connectivity index is 1.83. The van der Waals surface area contributed by atoms with E-state index in [1.165, 1.54) is 15.9 Å². The summed E-state index contributed by atoms with van der Waals surface area (Å²) < 4.78 is 12.9. The van der Waals surface area contributed by atoms with Crippen LogP contribution >= 0.6 is 11.3 Å². The number of fused-ring (bicyclic) bond motifs is 1. The lowest BCUT2D eigenvalue weighted by molar-refractivity contribution is -0.0764. The molecule has 1 saturated heterocycles. The van der Waals surface area contributed by atoms with Gasteiger partial charge in [0.1, 0.15) is 11.6 Å². The molecule has 1 aromatic carbocycles. The van der Waals surface area contributed by atoms with Crippen molar-refractivity contribution >= 4 is 16.3 Å². The van der Waals surface area contributed by atoms with Crippen LogP contribution in [0.15, 0.2) is 24.3 Å². The molecule has 3 unspecified atom stereocenters. The van der Waals surface area contributed by atoms with Gasteiger partial charge in [-0.1, -0.05) is 23.5 Å². The van der Waals surface area contributed by atoms with Crippen LogP contribution in [-0.4, -0.2) is 57.0 Å². The number of aryl methyl sites for hydroxylation is 1. The summed E-state index contributed by atoms with van der Waals surface area (Å²) in [5, 5.41) is 15.2. The van der Waals surface area contributed by atoms with Crippen LogP contribution in [0, 0.1) is 6.92 Å².